The van der Waals surface area contributed by atoms with E-state index in [9.17, 15) is 14.4 Å². The molecule has 10 heteroatoms. The molecule has 216 valence electrons. The molecule has 3 heterocycles. The van der Waals surface area contributed by atoms with Gasteiger partial charge in [0.05, 0.1) is 24.6 Å². The van der Waals surface area contributed by atoms with E-state index in [1.807, 2.05) is 48.5 Å². The fraction of sp³-hybridized carbons (Fsp3) is 0.273. The van der Waals surface area contributed by atoms with Crippen molar-refractivity contribution in [1.29, 1.82) is 0 Å². The van der Waals surface area contributed by atoms with Crippen LogP contribution in [-0.2, 0) is 14.4 Å². The van der Waals surface area contributed by atoms with Crippen LogP contribution in [0.4, 0.5) is 5.69 Å². The second-order valence-corrected chi connectivity index (χ2v) is 11.0. The highest BCUT2D eigenvalue weighted by Crippen LogP contribution is 2.45. The van der Waals surface area contributed by atoms with Crippen molar-refractivity contribution in [2.75, 3.05) is 18.6 Å². The lowest BCUT2D eigenvalue weighted by atomic mass is 9.77. The molecule has 0 bridgehead atoms. The molecule has 0 N–H and O–H groups in total. The molecule has 4 atom stereocenters. The van der Waals surface area contributed by atoms with E-state index < -0.39 is 23.9 Å². The van der Waals surface area contributed by atoms with Gasteiger partial charge >= 0.3 is 0 Å². The largest absolute Gasteiger partial charge is 0.495 e. The molecule has 0 radical (unpaired) electrons. The number of carbonyl (C=O) groups is 3. The second kappa shape index (κ2) is 10.9. The Morgan fingerprint density at radius 1 is 0.930 bits per heavy atom. The van der Waals surface area contributed by atoms with Crippen LogP contribution < -0.4 is 9.64 Å². The number of methoxy groups -OCH3 is 1. The van der Waals surface area contributed by atoms with Gasteiger partial charge < -0.3 is 4.74 Å². The van der Waals surface area contributed by atoms with Crippen LogP contribution in [0.15, 0.2) is 106 Å². The van der Waals surface area contributed by atoms with E-state index in [2.05, 4.69) is 28.5 Å². The highest BCUT2D eigenvalue weighted by molar-refractivity contribution is 6.26. The van der Waals surface area contributed by atoms with Gasteiger partial charge in [0, 0.05) is 5.92 Å². The van der Waals surface area contributed by atoms with Crippen LogP contribution in [0.1, 0.15) is 36.4 Å². The zero-order chi connectivity index (χ0) is 29.5. The minimum atomic E-state index is -1.02. The number of hydrogen-bond donors (Lipinski definition) is 0. The summed E-state index contributed by atoms with van der Waals surface area (Å²) in [7, 11) is 1.48. The molecule has 3 amide bonds. The van der Waals surface area contributed by atoms with Crippen molar-refractivity contribution in [3.8, 4) is 5.75 Å². The van der Waals surface area contributed by atoms with Crippen LogP contribution in [0.5, 0.6) is 5.75 Å². The Kier molecular flexibility index (Phi) is 6.81. The summed E-state index contributed by atoms with van der Waals surface area (Å²) in [5.41, 5.74) is 4.48. The number of hydrogen-bond acceptors (Lipinski definition) is 8. The molecule has 0 unspecified atom stereocenters. The predicted molar refractivity (Wildman–Crippen MR) is 160 cm³/mol. The van der Waals surface area contributed by atoms with Crippen LogP contribution in [0.2, 0.25) is 0 Å². The third kappa shape index (κ3) is 4.59. The Morgan fingerprint density at radius 3 is 2.42 bits per heavy atom. The topological polar surface area (TPSA) is 107 Å². The van der Waals surface area contributed by atoms with Crippen molar-refractivity contribution in [3.05, 3.63) is 102 Å². The summed E-state index contributed by atoms with van der Waals surface area (Å²) in [6.07, 6.45) is 4.94. The molecule has 1 saturated carbocycles. The second-order valence-electron chi connectivity index (χ2n) is 11.0. The van der Waals surface area contributed by atoms with Gasteiger partial charge in [-0.25, -0.2) is 9.91 Å². The molecule has 0 aromatic heterocycles. The Balaban J connectivity index is 1.18. The number of fused-ring (bicyclic) bond motifs is 2. The highest BCUT2D eigenvalue weighted by atomic mass is 16.5. The van der Waals surface area contributed by atoms with Gasteiger partial charge in [-0.2, -0.15) is 10.2 Å². The summed E-state index contributed by atoms with van der Waals surface area (Å²) >= 11 is 0. The molecular formula is C33H30N6O4. The lowest BCUT2D eigenvalue weighted by Gasteiger charge is -2.30. The first kappa shape index (κ1) is 26.8. The normalized spacial score (nSPS) is 25.3. The van der Waals surface area contributed by atoms with Gasteiger partial charge in [-0.1, -0.05) is 78.0 Å². The first-order chi connectivity index (χ1) is 21.0. The third-order valence-corrected chi connectivity index (χ3v) is 8.52. The minimum Gasteiger partial charge on any atom is -0.495 e. The molecule has 7 rings (SSSR count). The SMILES string of the molecule is COc1ccccc1N1C(=O)[C@@H]2[C@@H](N=NN2CC(=O)N2N=C3/C(=C/c4ccccc4)CCC[C@H]3[C@@H]2c2ccccc2)C1=O. The third-order valence-electron chi connectivity index (χ3n) is 8.52. The molecule has 3 aliphatic heterocycles. The standard InChI is InChI=1S/C33H30N6O4/c1-43-26-18-9-8-17-25(26)38-32(41)29-31(33(38)42)37(36-34-29)20-27(40)39-30(22-13-6-3-7-14-22)24-16-10-15-23(28(24)35-39)19-21-11-4-2-5-12-21/h2-9,11-14,17-19,24,29-31H,10,15-16,20H2,1H3/b23-19+/t24-,29-,30+,31+/m1/s1. The Hall–Kier alpha value is -5.12. The monoisotopic (exact) mass is 574 g/mol. The van der Waals surface area contributed by atoms with Gasteiger partial charge in [-0.15, -0.1) is 0 Å². The molecule has 0 spiro atoms. The average molecular weight is 575 g/mol. The van der Waals surface area contributed by atoms with E-state index in [1.165, 1.54) is 12.1 Å². The van der Waals surface area contributed by atoms with Crippen LogP contribution in [-0.4, -0.2) is 59.2 Å². The van der Waals surface area contributed by atoms with E-state index in [0.29, 0.717) is 11.4 Å². The van der Waals surface area contributed by atoms with Gasteiger partial charge in [0.1, 0.15) is 12.3 Å². The number of anilines is 1. The molecule has 4 aliphatic rings. The number of imide groups is 1. The van der Waals surface area contributed by atoms with Crippen molar-refractivity contribution < 1.29 is 19.1 Å². The average Bonchev–Trinajstić information content (AvgIpc) is 3.71. The van der Waals surface area contributed by atoms with Crippen molar-refractivity contribution in [2.24, 2.45) is 21.4 Å². The Bertz CT molecular complexity index is 1670. The summed E-state index contributed by atoms with van der Waals surface area (Å²) in [6.45, 7) is -0.242. The number of hydrazone groups is 1. The number of ether oxygens (including phenoxy) is 1. The van der Waals surface area contributed by atoms with E-state index >= 15 is 0 Å². The number of para-hydroxylation sites is 2. The fourth-order valence-electron chi connectivity index (χ4n) is 6.56. The highest BCUT2D eigenvalue weighted by Gasteiger charge is 2.56. The van der Waals surface area contributed by atoms with E-state index in [0.717, 1.165) is 46.6 Å². The van der Waals surface area contributed by atoms with E-state index in [4.69, 9.17) is 9.84 Å². The zero-order valence-corrected chi connectivity index (χ0v) is 23.6. The lowest BCUT2D eigenvalue weighted by Crippen LogP contribution is -2.45. The number of nitrogens with zero attached hydrogens (tertiary/aromatic N) is 6. The summed E-state index contributed by atoms with van der Waals surface area (Å²) in [5.74, 6) is -0.872. The van der Waals surface area contributed by atoms with Gasteiger partial charge in [-0.3, -0.25) is 19.4 Å². The number of carbonyl (C=O) groups excluding carboxylic acids is 3. The predicted octanol–water partition coefficient (Wildman–Crippen LogP) is 4.81. The molecule has 1 saturated heterocycles. The van der Waals surface area contributed by atoms with Crippen LogP contribution >= 0.6 is 0 Å². The quantitative estimate of drug-likeness (QED) is 0.393. The molecule has 43 heavy (non-hydrogen) atoms. The molecule has 3 aromatic rings. The number of benzene rings is 3. The van der Waals surface area contributed by atoms with Crippen molar-refractivity contribution in [2.45, 2.75) is 37.4 Å². The summed E-state index contributed by atoms with van der Waals surface area (Å²) < 4.78 is 5.39. The summed E-state index contributed by atoms with van der Waals surface area (Å²) in [4.78, 5) is 42.0. The van der Waals surface area contributed by atoms with Crippen molar-refractivity contribution >= 4 is 35.2 Å². The van der Waals surface area contributed by atoms with Crippen molar-refractivity contribution in [1.82, 2.24) is 10.0 Å². The first-order valence-corrected chi connectivity index (χ1v) is 14.4. The van der Waals surface area contributed by atoms with E-state index in [1.54, 1.807) is 29.3 Å². The number of rotatable bonds is 6. The van der Waals surface area contributed by atoms with Gasteiger partial charge in [0.2, 0.25) is 0 Å². The maximum Gasteiger partial charge on any atom is 0.264 e. The fourth-order valence-corrected chi connectivity index (χ4v) is 6.56. The maximum atomic E-state index is 14.0. The van der Waals surface area contributed by atoms with Gasteiger partial charge in [-0.05, 0) is 54.2 Å². The van der Waals surface area contributed by atoms with E-state index in [-0.39, 0.29) is 24.4 Å². The number of amides is 3. The molecule has 1 aliphatic carbocycles. The van der Waals surface area contributed by atoms with Gasteiger partial charge in [0.15, 0.2) is 12.1 Å². The summed E-state index contributed by atoms with van der Waals surface area (Å²) in [6, 6.07) is 24.6. The first-order valence-electron chi connectivity index (χ1n) is 14.4. The molecule has 3 aromatic carbocycles. The smallest absolute Gasteiger partial charge is 0.264 e. The molecular weight excluding hydrogens is 544 g/mol. The molecule has 10 nitrogen and oxygen atoms in total. The van der Waals surface area contributed by atoms with Crippen molar-refractivity contribution in [3.63, 3.8) is 0 Å². The minimum absolute atomic E-state index is 0.0405. The van der Waals surface area contributed by atoms with Crippen LogP contribution in [0.25, 0.3) is 6.08 Å². The van der Waals surface area contributed by atoms with Gasteiger partial charge in [0.25, 0.3) is 17.7 Å². The maximum absolute atomic E-state index is 14.0. The Morgan fingerprint density at radius 2 is 1.65 bits per heavy atom. The summed E-state index contributed by atoms with van der Waals surface area (Å²) in [5, 5.41) is 16.1. The lowest BCUT2D eigenvalue weighted by molar-refractivity contribution is -0.136. The van der Waals surface area contributed by atoms with Crippen LogP contribution in [0.3, 0.4) is 0 Å². The molecule has 2 fully saturated rings. The Labute approximate surface area is 248 Å². The number of allylic oxidation sites excluding steroid dienone is 1. The van der Waals surface area contributed by atoms with Crippen LogP contribution in [0, 0.1) is 5.92 Å². The zero-order valence-electron chi connectivity index (χ0n) is 23.6.